The van der Waals surface area contributed by atoms with Gasteiger partial charge in [0.05, 0.1) is 5.69 Å². The number of aryl methyl sites for hydroxylation is 1. The molecule has 3 rings (SSSR count). The maximum atomic E-state index is 12.3. The zero-order valence-corrected chi connectivity index (χ0v) is 13.8. The van der Waals surface area contributed by atoms with Crippen molar-refractivity contribution in [1.29, 1.82) is 0 Å². The van der Waals surface area contributed by atoms with Crippen molar-refractivity contribution in [2.24, 2.45) is 4.99 Å². The summed E-state index contributed by atoms with van der Waals surface area (Å²) in [6.45, 7) is 1.95. The number of hydrogen-bond acceptors (Lipinski definition) is 3. The van der Waals surface area contributed by atoms with Crippen LogP contribution in [0.2, 0.25) is 0 Å². The number of hydrogen-bond donors (Lipinski definition) is 2. The number of nitrogens with zero attached hydrogens (tertiary/aromatic N) is 1. The standard InChI is InChI=1S/C21H18N2O2/c1-15-6-2-4-8-19(15)23-21(25)16-10-12-18(13-11-16)22-14-17-7-3-5-9-20(17)24/h2-14,24H,1H3,(H,23,25). The fraction of sp³-hybridized carbons (Fsp3) is 0.0476. The number of phenols is 1. The van der Waals surface area contributed by atoms with E-state index in [1.165, 1.54) is 0 Å². The summed E-state index contributed by atoms with van der Waals surface area (Å²) in [5.74, 6) is 0.0195. The number of benzene rings is 3. The van der Waals surface area contributed by atoms with Gasteiger partial charge in [-0.05, 0) is 55.0 Å². The number of phenolic OH excluding ortho intramolecular Hbond substituents is 1. The van der Waals surface area contributed by atoms with E-state index < -0.39 is 0 Å². The van der Waals surface area contributed by atoms with E-state index in [9.17, 15) is 9.90 Å². The van der Waals surface area contributed by atoms with E-state index in [-0.39, 0.29) is 11.7 Å². The van der Waals surface area contributed by atoms with E-state index in [0.717, 1.165) is 11.3 Å². The third-order valence-corrected chi connectivity index (χ3v) is 3.81. The maximum Gasteiger partial charge on any atom is 0.255 e. The van der Waals surface area contributed by atoms with Crippen LogP contribution in [0.15, 0.2) is 77.8 Å². The van der Waals surface area contributed by atoms with E-state index in [2.05, 4.69) is 10.3 Å². The highest BCUT2D eigenvalue weighted by atomic mass is 16.3. The molecule has 25 heavy (non-hydrogen) atoms. The van der Waals surface area contributed by atoms with Gasteiger partial charge in [0.25, 0.3) is 5.91 Å². The van der Waals surface area contributed by atoms with Gasteiger partial charge in [0.15, 0.2) is 0 Å². The highest BCUT2D eigenvalue weighted by Gasteiger charge is 2.07. The van der Waals surface area contributed by atoms with Crippen molar-refractivity contribution in [1.82, 2.24) is 0 Å². The van der Waals surface area contributed by atoms with Crippen molar-refractivity contribution in [3.63, 3.8) is 0 Å². The first-order valence-corrected chi connectivity index (χ1v) is 7.92. The molecule has 1 amide bonds. The molecule has 3 aromatic rings. The second-order valence-electron chi connectivity index (χ2n) is 5.63. The molecule has 0 saturated heterocycles. The molecule has 4 nitrogen and oxygen atoms in total. The summed E-state index contributed by atoms with van der Waals surface area (Å²) in [5, 5.41) is 12.6. The topological polar surface area (TPSA) is 61.7 Å². The molecule has 0 radical (unpaired) electrons. The van der Waals surface area contributed by atoms with Gasteiger partial charge >= 0.3 is 0 Å². The van der Waals surface area contributed by atoms with Crippen LogP contribution < -0.4 is 5.32 Å². The number of rotatable bonds is 4. The highest BCUT2D eigenvalue weighted by molar-refractivity contribution is 6.04. The third-order valence-electron chi connectivity index (χ3n) is 3.81. The van der Waals surface area contributed by atoms with E-state index in [4.69, 9.17) is 0 Å². The number of amides is 1. The molecule has 0 aliphatic rings. The van der Waals surface area contributed by atoms with Gasteiger partial charge in [-0.15, -0.1) is 0 Å². The summed E-state index contributed by atoms with van der Waals surface area (Å²) in [6.07, 6.45) is 1.59. The van der Waals surface area contributed by atoms with Crippen molar-refractivity contribution in [2.75, 3.05) is 5.32 Å². The first-order chi connectivity index (χ1) is 12.1. The predicted molar refractivity (Wildman–Crippen MR) is 101 cm³/mol. The average molecular weight is 330 g/mol. The lowest BCUT2D eigenvalue weighted by atomic mass is 10.1. The average Bonchev–Trinajstić information content (AvgIpc) is 2.63. The van der Waals surface area contributed by atoms with Gasteiger partial charge in [0.1, 0.15) is 5.75 Å². The summed E-state index contributed by atoms with van der Waals surface area (Å²) >= 11 is 0. The third kappa shape index (κ3) is 4.12. The quantitative estimate of drug-likeness (QED) is 0.681. The van der Waals surface area contributed by atoms with Crippen LogP contribution in [0.25, 0.3) is 0 Å². The molecule has 0 aromatic heterocycles. The number of aliphatic imine (C=N–C) groups is 1. The summed E-state index contributed by atoms with van der Waals surface area (Å²) in [4.78, 5) is 16.6. The minimum absolute atomic E-state index is 0.162. The molecule has 0 fully saturated rings. The van der Waals surface area contributed by atoms with E-state index >= 15 is 0 Å². The highest BCUT2D eigenvalue weighted by Crippen LogP contribution is 2.18. The summed E-state index contributed by atoms with van der Waals surface area (Å²) in [6, 6.07) is 21.6. The zero-order chi connectivity index (χ0) is 17.6. The molecule has 0 aliphatic carbocycles. The van der Waals surface area contributed by atoms with Gasteiger partial charge in [0, 0.05) is 23.0 Å². The molecule has 0 bridgehead atoms. The lowest BCUT2D eigenvalue weighted by molar-refractivity contribution is 0.102. The Kier molecular flexibility index (Phi) is 4.90. The first kappa shape index (κ1) is 16.5. The smallest absolute Gasteiger partial charge is 0.255 e. The number of anilines is 1. The molecule has 124 valence electrons. The zero-order valence-electron chi connectivity index (χ0n) is 13.8. The SMILES string of the molecule is Cc1ccccc1NC(=O)c1ccc(N=Cc2ccccc2O)cc1. The molecule has 4 heteroatoms. The molecule has 0 aliphatic heterocycles. The largest absolute Gasteiger partial charge is 0.507 e. The number of para-hydroxylation sites is 2. The lowest BCUT2D eigenvalue weighted by Crippen LogP contribution is -2.12. The monoisotopic (exact) mass is 330 g/mol. The normalized spacial score (nSPS) is 10.8. The number of aromatic hydroxyl groups is 1. The minimum atomic E-state index is -0.162. The maximum absolute atomic E-state index is 12.3. The van der Waals surface area contributed by atoms with Crippen LogP contribution in [0.5, 0.6) is 5.75 Å². The molecule has 0 spiro atoms. The second-order valence-corrected chi connectivity index (χ2v) is 5.63. The molecule has 3 aromatic carbocycles. The van der Waals surface area contributed by atoms with Gasteiger partial charge < -0.3 is 10.4 Å². The molecular formula is C21H18N2O2. The number of nitrogens with one attached hydrogen (secondary N) is 1. The van der Waals surface area contributed by atoms with E-state index in [0.29, 0.717) is 16.8 Å². The Balaban J connectivity index is 1.71. The second kappa shape index (κ2) is 7.45. The van der Waals surface area contributed by atoms with Crippen LogP contribution in [0.3, 0.4) is 0 Å². The van der Waals surface area contributed by atoms with E-state index in [1.54, 1.807) is 48.7 Å². The van der Waals surface area contributed by atoms with Crippen molar-refractivity contribution in [3.8, 4) is 5.75 Å². The summed E-state index contributed by atoms with van der Waals surface area (Å²) < 4.78 is 0. The summed E-state index contributed by atoms with van der Waals surface area (Å²) in [7, 11) is 0. The Bertz CT molecular complexity index is 915. The lowest BCUT2D eigenvalue weighted by Gasteiger charge is -2.08. The minimum Gasteiger partial charge on any atom is -0.507 e. The van der Waals surface area contributed by atoms with Gasteiger partial charge in [-0.25, -0.2) is 0 Å². The van der Waals surface area contributed by atoms with Crippen LogP contribution >= 0.6 is 0 Å². The van der Waals surface area contributed by atoms with Gasteiger partial charge in [0.2, 0.25) is 0 Å². The molecule has 0 heterocycles. The van der Waals surface area contributed by atoms with Crippen LogP contribution in [-0.4, -0.2) is 17.2 Å². The van der Waals surface area contributed by atoms with Crippen LogP contribution in [0, 0.1) is 6.92 Å². The van der Waals surface area contributed by atoms with Gasteiger partial charge in [-0.3, -0.25) is 9.79 Å². The van der Waals surface area contributed by atoms with Crippen LogP contribution in [-0.2, 0) is 0 Å². The van der Waals surface area contributed by atoms with Crippen molar-refractivity contribution in [2.45, 2.75) is 6.92 Å². The van der Waals surface area contributed by atoms with Crippen LogP contribution in [0.1, 0.15) is 21.5 Å². The Hall–Kier alpha value is -3.40. The van der Waals surface area contributed by atoms with Gasteiger partial charge in [-0.2, -0.15) is 0 Å². The van der Waals surface area contributed by atoms with Gasteiger partial charge in [-0.1, -0.05) is 30.3 Å². The molecule has 0 saturated carbocycles. The summed E-state index contributed by atoms with van der Waals surface area (Å²) in [5.41, 5.74) is 3.72. The molecule has 0 unspecified atom stereocenters. The molecule has 2 N–H and O–H groups in total. The first-order valence-electron chi connectivity index (χ1n) is 7.92. The van der Waals surface area contributed by atoms with Crippen molar-refractivity contribution < 1.29 is 9.90 Å². The van der Waals surface area contributed by atoms with E-state index in [1.807, 2.05) is 37.3 Å². The fourth-order valence-corrected chi connectivity index (χ4v) is 2.35. The number of carbonyl (C=O) groups excluding carboxylic acids is 1. The fourth-order valence-electron chi connectivity index (χ4n) is 2.35. The Morgan fingerprint density at radius 3 is 2.36 bits per heavy atom. The Labute approximate surface area is 146 Å². The molecular weight excluding hydrogens is 312 g/mol. The molecule has 0 atom stereocenters. The van der Waals surface area contributed by atoms with Crippen molar-refractivity contribution in [3.05, 3.63) is 89.5 Å². The Morgan fingerprint density at radius 1 is 0.960 bits per heavy atom. The van der Waals surface area contributed by atoms with Crippen molar-refractivity contribution >= 4 is 23.5 Å². The predicted octanol–water partition coefficient (Wildman–Crippen LogP) is 4.70. The number of carbonyl (C=O) groups is 1. The Morgan fingerprint density at radius 2 is 1.64 bits per heavy atom. The van der Waals surface area contributed by atoms with Crippen LogP contribution in [0.4, 0.5) is 11.4 Å².